The van der Waals surface area contributed by atoms with E-state index < -0.39 is 0 Å². The highest BCUT2D eigenvalue weighted by molar-refractivity contribution is 5.76. The van der Waals surface area contributed by atoms with Crippen LogP contribution in [0.15, 0.2) is 42.5 Å². The summed E-state index contributed by atoms with van der Waals surface area (Å²) in [6.45, 7) is 10.7. The first kappa shape index (κ1) is 21.0. The van der Waals surface area contributed by atoms with Crippen LogP contribution in [-0.4, -0.2) is 50.2 Å². The third-order valence-electron chi connectivity index (χ3n) is 5.49. The maximum Gasteiger partial charge on any atom is 0.222 e. The largest absolute Gasteiger partial charge is 0.490 e. The number of ether oxygens (including phenoxy) is 2. The van der Waals surface area contributed by atoms with Gasteiger partial charge in [0.25, 0.3) is 0 Å². The van der Waals surface area contributed by atoms with Crippen LogP contribution in [0.5, 0.6) is 11.5 Å². The van der Waals surface area contributed by atoms with Crippen LogP contribution >= 0.6 is 0 Å². The smallest absolute Gasteiger partial charge is 0.222 e. The number of para-hydroxylation sites is 2. The Labute approximate surface area is 174 Å². The van der Waals surface area contributed by atoms with Gasteiger partial charge in [-0.05, 0) is 56.5 Å². The second kappa shape index (κ2) is 10.2. The van der Waals surface area contributed by atoms with Gasteiger partial charge in [0.2, 0.25) is 5.91 Å². The fourth-order valence-electron chi connectivity index (χ4n) is 3.68. The van der Waals surface area contributed by atoms with Gasteiger partial charge in [-0.1, -0.05) is 24.3 Å². The number of nitrogens with zero attached hydrogens (tertiary/aromatic N) is 2. The van der Waals surface area contributed by atoms with Gasteiger partial charge < -0.3 is 19.3 Å². The van der Waals surface area contributed by atoms with E-state index in [1.165, 1.54) is 16.8 Å². The minimum atomic E-state index is 0.215. The van der Waals surface area contributed by atoms with Crippen LogP contribution in [0.2, 0.25) is 0 Å². The number of aryl methyl sites for hydroxylation is 1. The number of hydrogen-bond acceptors (Lipinski definition) is 4. The van der Waals surface area contributed by atoms with Gasteiger partial charge in [-0.15, -0.1) is 0 Å². The van der Waals surface area contributed by atoms with Crippen molar-refractivity contribution in [2.45, 2.75) is 33.6 Å². The van der Waals surface area contributed by atoms with Crippen LogP contribution in [0.4, 0.5) is 5.69 Å². The van der Waals surface area contributed by atoms with E-state index in [1.54, 1.807) is 0 Å². The minimum Gasteiger partial charge on any atom is -0.490 e. The normalized spacial score (nSPS) is 14.0. The molecule has 0 aliphatic carbocycles. The van der Waals surface area contributed by atoms with E-state index in [-0.39, 0.29) is 5.91 Å². The highest BCUT2D eigenvalue weighted by Crippen LogP contribution is 2.27. The molecule has 2 aromatic carbocycles. The molecule has 0 aromatic heterocycles. The Kier molecular flexibility index (Phi) is 7.39. The Hall–Kier alpha value is -2.69. The van der Waals surface area contributed by atoms with Crippen molar-refractivity contribution in [1.82, 2.24) is 4.90 Å². The molecule has 0 bridgehead atoms. The van der Waals surface area contributed by atoms with Gasteiger partial charge in [0, 0.05) is 38.3 Å². The lowest BCUT2D eigenvalue weighted by molar-refractivity contribution is -0.131. The van der Waals surface area contributed by atoms with Gasteiger partial charge in [0.05, 0.1) is 13.2 Å². The van der Waals surface area contributed by atoms with Gasteiger partial charge in [-0.2, -0.15) is 0 Å². The summed E-state index contributed by atoms with van der Waals surface area (Å²) in [4.78, 5) is 16.9. The molecule has 5 nitrogen and oxygen atoms in total. The maximum absolute atomic E-state index is 12.6. The molecule has 29 heavy (non-hydrogen) atoms. The Morgan fingerprint density at radius 2 is 1.62 bits per heavy atom. The number of rotatable bonds is 8. The van der Waals surface area contributed by atoms with Crippen molar-refractivity contribution < 1.29 is 14.3 Å². The molecule has 2 aromatic rings. The number of carbonyl (C=O) groups excluding carboxylic acids is 1. The topological polar surface area (TPSA) is 42.0 Å². The van der Waals surface area contributed by atoms with Crippen LogP contribution in [0.25, 0.3) is 0 Å². The minimum absolute atomic E-state index is 0.215. The highest BCUT2D eigenvalue weighted by Gasteiger charge is 2.22. The number of anilines is 1. The van der Waals surface area contributed by atoms with E-state index in [4.69, 9.17) is 9.47 Å². The predicted octanol–water partition coefficient (Wildman–Crippen LogP) is 4.21. The monoisotopic (exact) mass is 396 g/mol. The molecular weight excluding hydrogens is 364 g/mol. The van der Waals surface area contributed by atoms with Gasteiger partial charge >= 0.3 is 0 Å². The number of carbonyl (C=O) groups is 1. The quantitative estimate of drug-likeness (QED) is 0.627. The molecule has 0 spiro atoms. The SMILES string of the molecule is CCOc1ccccc1OCCCC(=O)N1CCN(c2cccc(C)c2C)CC1. The Bertz CT molecular complexity index is 814. The summed E-state index contributed by atoms with van der Waals surface area (Å²) in [6.07, 6.45) is 1.22. The zero-order chi connectivity index (χ0) is 20.6. The van der Waals surface area contributed by atoms with E-state index in [0.717, 1.165) is 37.7 Å². The van der Waals surface area contributed by atoms with E-state index in [2.05, 4.69) is 36.9 Å². The molecule has 5 heteroatoms. The van der Waals surface area contributed by atoms with Gasteiger partial charge in [0.1, 0.15) is 0 Å². The molecule has 0 atom stereocenters. The van der Waals surface area contributed by atoms with Crippen LogP contribution in [0.1, 0.15) is 30.9 Å². The number of amides is 1. The van der Waals surface area contributed by atoms with Crippen molar-refractivity contribution >= 4 is 11.6 Å². The Morgan fingerprint density at radius 3 is 2.31 bits per heavy atom. The fraction of sp³-hybridized carbons (Fsp3) is 0.458. The zero-order valence-corrected chi connectivity index (χ0v) is 17.8. The van der Waals surface area contributed by atoms with Gasteiger partial charge in [-0.25, -0.2) is 0 Å². The van der Waals surface area contributed by atoms with Crippen molar-refractivity contribution in [3.8, 4) is 11.5 Å². The lowest BCUT2D eigenvalue weighted by Gasteiger charge is -2.37. The summed E-state index contributed by atoms with van der Waals surface area (Å²) in [5, 5.41) is 0. The molecule has 156 valence electrons. The molecular formula is C24H32N2O3. The highest BCUT2D eigenvalue weighted by atomic mass is 16.5. The summed E-state index contributed by atoms with van der Waals surface area (Å²) in [6, 6.07) is 14.1. The van der Waals surface area contributed by atoms with Crippen molar-refractivity contribution in [1.29, 1.82) is 0 Å². The first-order valence-corrected chi connectivity index (χ1v) is 10.5. The number of piperazine rings is 1. The predicted molar refractivity (Wildman–Crippen MR) is 117 cm³/mol. The molecule has 0 radical (unpaired) electrons. The number of benzene rings is 2. The Morgan fingerprint density at radius 1 is 0.931 bits per heavy atom. The molecule has 1 fully saturated rings. The number of hydrogen-bond donors (Lipinski definition) is 0. The van der Waals surface area contributed by atoms with E-state index in [1.807, 2.05) is 36.1 Å². The standard InChI is InChI=1S/C24H32N2O3/c1-4-28-22-11-5-6-12-23(22)29-18-8-13-24(27)26-16-14-25(15-17-26)21-10-7-9-19(2)20(21)3/h5-7,9-12H,4,8,13-18H2,1-3H3. The summed E-state index contributed by atoms with van der Waals surface area (Å²) in [5.74, 6) is 1.71. The lowest BCUT2D eigenvalue weighted by atomic mass is 10.1. The van der Waals surface area contributed by atoms with Crippen molar-refractivity contribution in [2.24, 2.45) is 0 Å². The molecule has 0 N–H and O–H groups in total. The van der Waals surface area contributed by atoms with Gasteiger partial charge in [-0.3, -0.25) is 4.79 Å². The summed E-state index contributed by atoms with van der Waals surface area (Å²) >= 11 is 0. The van der Waals surface area contributed by atoms with E-state index >= 15 is 0 Å². The molecule has 1 heterocycles. The Balaban J connectivity index is 1.42. The lowest BCUT2D eigenvalue weighted by Crippen LogP contribution is -2.49. The first-order chi connectivity index (χ1) is 14.1. The molecule has 1 saturated heterocycles. The summed E-state index contributed by atoms with van der Waals surface area (Å²) < 4.78 is 11.4. The average Bonchev–Trinajstić information content (AvgIpc) is 2.74. The van der Waals surface area contributed by atoms with Crippen LogP contribution in [-0.2, 0) is 4.79 Å². The van der Waals surface area contributed by atoms with Crippen molar-refractivity contribution in [2.75, 3.05) is 44.3 Å². The third-order valence-corrected chi connectivity index (χ3v) is 5.49. The second-order valence-electron chi connectivity index (χ2n) is 7.42. The summed E-state index contributed by atoms with van der Waals surface area (Å²) in [7, 11) is 0. The van der Waals surface area contributed by atoms with Gasteiger partial charge in [0.15, 0.2) is 11.5 Å². The summed E-state index contributed by atoms with van der Waals surface area (Å²) in [5.41, 5.74) is 3.93. The van der Waals surface area contributed by atoms with Crippen LogP contribution in [0.3, 0.4) is 0 Å². The molecule has 1 aliphatic heterocycles. The molecule has 1 aliphatic rings. The van der Waals surface area contributed by atoms with E-state index in [9.17, 15) is 4.79 Å². The maximum atomic E-state index is 12.6. The van der Waals surface area contributed by atoms with Crippen LogP contribution < -0.4 is 14.4 Å². The van der Waals surface area contributed by atoms with E-state index in [0.29, 0.717) is 26.1 Å². The average molecular weight is 397 g/mol. The third kappa shape index (κ3) is 5.43. The van der Waals surface area contributed by atoms with Crippen molar-refractivity contribution in [3.05, 3.63) is 53.6 Å². The first-order valence-electron chi connectivity index (χ1n) is 10.5. The molecule has 0 saturated carbocycles. The van der Waals surface area contributed by atoms with Crippen molar-refractivity contribution in [3.63, 3.8) is 0 Å². The second-order valence-corrected chi connectivity index (χ2v) is 7.42. The molecule has 3 rings (SSSR count). The van der Waals surface area contributed by atoms with Crippen LogP contribution in [0, 0.1) is 13.8 Å². The zero-order valence-electron chi connectivity index (χ0n) is 17.8. The fourth-order valence-corrected chi connectivity index (χ4v) is 3.68. The molecule has 0 unspecified atom stereocenters. The molecule has 1 amide bonds.